The minimum Gasteiger partial charge on any atom is -0.0876 e. The molecule has 0 N–H and O–H groups in total. The number of hydrogen-bond donors (Lipinski definition) is 0. The molecule has 2 heteroatoms. The molecule has 0 fully saturated rings. The zero-order valence-electron chi connectivity index (χ0n) is 6.48. The highest BCUT2D eigenvalue weighted by molar-refractivity contribution is 9.09. The molecule has 0 amide bonds. The van der Waals surface area contributed by atoms with Crippen LogP contribution in [-0.2, 0) is 5.33 Å². The molecule has 0 unspecified atom stereocenters. The molecule has 0 spiro atoms. The summed E-state index contributed by atoms with van der Waals surface area (Å²) in [6.07, 6.45) is 0. The van der Waals surface area contributed by atoms with Gasteiger partial charge in [0.2, 0.25) is 0 Å². The van der Waals surface area contributed by atoms with Crippen LogP contribution < -0.4 is 0 Å². The second-order valence-electron chi connectivity index (χ2n) is 2.27. The number of alkyl halides is 2. The molecule has 0 radical (unpaired) electrons. The highest BCUT2D eigenvalue weighted by Crippen LogP contribution is 2.06. The number of rotatable bonds is 1. The molecular formula is C10H8Br2. The fraction of sp³-hybridized carbons (Fsp3) is 0.200. The molecule has 0 saturated heterocycles. The van der Waals surface area contributed by atoms with Gasteiger partial charge in [-0.1, -0.05) is 55.8 Å². The first kappa shape index (κ1) is 9.83. The smallest absolute Gasteiger partial charge is 0.0649 e. The largest absolute Gasteiger partial charge is 0.0876 e. The van der Waals surface area contributed by atoms with Crippen molar-refractivity contribution < 1.29 is 0 Å². The predicted molar refractivity (Wildman–Crippen MR) is 59.7 cm³/mol. The van der Waals surface area contributed by atoms with E-state index < -0.39 is 0 Å². The van der Waals surface area contributed by atoms with E-state index in [2.05, 4.69) is 55.8 Å². The quantitative estimate of drug-likeness (QED) is 0.549. The fourth-order valence-electron chi connectivity index (χ4n) is 0.813. The third-order valence-corrected chi connectivity index (χ3v) is 2.34. The van der Waals surface area contributed by atoms with Crippen molar-refractivity contribution in [1.82, 2.24) is 0 Å². The molecule has 0 aliphatic rings. The van der Waals surface area contributed by atoms with E-state index in [0.717, 1.165) is 16.2 Å². The maximum atomic E-state index is 3.39. The van der Waals surface area contributed by atoms with Crippen LogP contribution in [0, 0.1) is 11.8 Å². The van der Waals surface area contributed by atoms with E-state index in [-0.39, 0.29) is 0 Å². The first-order chi connectivity index (χ1) is 5.86. The van der Waals surface area contributed by atoms with Gasteiger partial charge in [-0.3, -0.25) is 0 Å². The van der Waals surface area contributed by atoms with Crippen molar-refractivity contribution in [3.05, 3.63) is 35.4 Å². The lowest BCUT2D eigenvalue weighted by Crippen LogP contribution is -1.78. The van der Waals surface area contributed by atoms with E-state index in [1.807, 2.05) is 12.1 Å². The van der Waals surface area contributed by atoms with Gasteiger partial charge in [-0.05, 0) is 17.7 Å². The molecular weight excluding hydrogens is 280 g/mol. The number of hydrogen-bond acceptors (Lipinski definition) is 0. The van der Waals surface area contributed by atoms with Gasteiger partial charge in [-0.25, -0.2) is 0 Å². The first-order valence-corrected chi connectivity index (χ1v) is 5.81. The summed E-state index contributed by atoms with van der Waals surface area (Å²) in [6, 6.07) is 8.22. The van der Waals surface area contributed by atoms with Crippen LogP contribution in [0.3, 0.4) is 0 Å². The molecule has 1 aromatic carbocycles. The minimum absolute atomic E-state index is 0.729. The Hall–Kier alpha value is -0.260. The van der Waals surface area contributed by atoms with E-state index in [0.29, 0.717) is 0 Å². The molecule has 0 aromatic heterocycles. The number of halogens is 2. The Morgan fingerprint density at radius 3 is 2.25 bits per heavy atom. The summed E-state index contributed by atoms with van der Waals surface area (Å²) < 4.78 is 0. The highest BCUT2D eigenvalue weighted by Gasteiger charge is 1.88. The van der Waals surface area contributed by atoms with E-state index in [9.17, 15) is 0 Å². The Labute approximate surface area is 89.6 Å². The molecule has 0 atom stereocenters. The predicted octanol–water partition coefficient (Wildman–Crippen LogP) is 3.33. The van der Waals surface area contributed by atoms with Crippen molar-refractivity contribution in [1.29, 1.82) is 0 Å². The summed E-state index contributed by atoms with van der Waals surface area (Å²) in [5.74, 6) is 5.99. The molecule has 0 aliphatic carbocycles. The van der Waals surface area contributed by atoms with Crippen molar-refractivity contribution in [3.8, 4) is 11.8 Å². The van der Waals surface area contributed by atoms with Crippen molar-refractivity contribution in [2.75, 3.05) is 5.33 Å². The lowest BCUT2D eigenvalue weighted by Gasteiger charge is -1.93. The Bertz CT molecular complexity index is 290. The second kappa shape index (κ2) is 5.40. The average Bonchev–Trinajstić information content (AvgIpc) is 2.15. The maximum absolute atomic E-state index is 3.39. The normalized spacial score (nSPS) is 8.83. The summed E-state index contributed by atoms with van der Waals surface area (Å²) in [6.45, 7) is 0. The summed E-state index contributed by atoms with van der Waals surface area (Å²) >= 11 is 6.65. The average molecular weight is 288 g/mol. The van der Waals surface area contributed by atoms with Gasteiger partial charge in [0.25, 0.3) is 0 Å². The van der Waals surface area contributed by atoms with Crippen LogP contribution in [0.4, 0.5) is 0 Å². The zero-order valence-corrected chi connectivity index (χ0v) is 9.65. The van der Waals surface area contributed by atoms with Crippen LogP contribution in [0.2, 0.25) is 0 Å². The van der Waals surface area contributed by atoms with Gasteiger partial charge in [0, 0.05) is 10.9 Å². The summed E-state index contributed by atoms with van der Waals surface area (Å²) in [4.78, 5) is 0. The van der Waals surface area contributed by atoms with Crippen LogP contribution in [0.15, 0.2) is 24.3 Å². The van der Waals surface area contributed by atoms with Gasteiger partial charge < -0.3 is 0 Å². The van der Waals surface area contributed by atoms with Crippen LogP contribution in [-0.4, -0.2) is 5.33 Å². The molecule has 0 bridgehead atoms. The Kier molecular flexibility index (Phi) is 4.42. The van der Waals surface area contributed by atoms with E-state index >= 15 is 0 Å². The Balaban J connectivity index is 2.78. The fourth-order valence-corrected chi connectivity index (χ4v) is 1.33. The lowest BCUT2D eigenvalue weighted by molar-refractivity contribution is 1.43. The van der Waals surface area contributed by atoms with Gasteiger partial charge in [0.1, 0.15) is 0 Å². The van der Waals surface area contributed by atoms with Gasteiger partial charge in [-0.15, -0.1) is 0 Å². The van der Waals surface area contributed by atoms with Crippen LogP contribution in [0.1, 0.15) is 11.1 Å². The van der Waals surface area contributed by atoms with Crippen LogP contribution in [0.25, 0.3) is 0 Å². The topological polar surface area (TPSA) is 0 Å². The molecule has 1 aromatic rings. The van der Waals surface area contributed by atoms with Crippen LogP contribution >= 0.6 is 31.9 Å². The molecule has 0 nitrogen and oxygen atoms in total. The number of benzene rings is 1. The summed E-state index contributed by atoms with van der Waals surface area (Å²) in [5.41, 5.74) is 2.35. The van der Waals surface area contributed by atoms with E-state index in [1.54, 1.807) is 0 Å². The van der Waals surface area contributed by atoms with Crippen molar-refractivity contribution in [2.45, 2.75) is 5.33 Å². The van der Waals surface area contributed by atoms with E-state index in [1.165, 1.54) is 5.56 Å². The molecule has 0 aliphatic heterocycles. The molecule has 0 heterocycles. The highest BCUT2D eigenvalue weighted by atomic mass is 79.9. The lowest BCUT2D eigenvalue weighted by atomic mass is 10.2. The monoisotopic (exact) mass is 286 g/mol. The zero-order chi connectivity index (χ0) is 8.81. The maximum Gasteiger partial charge on any atom is 0.0649 e. The Morgan fingerprint density at radius 2 is 1.75 bits per heavy atom. The minimum atomic E-state index is 0.729. The van der Waals surface area contributed by atoms with Crippen LogP contribution in [0.5, 0.6) is 0 Å². The molecule has 62 valence electrons. The third-order valence-electron chi connectivity index (χ3n) is 1.41. The standard InChI is InChI=1S/C10H8Br2/c11-7-1-2-9-3-5-10(8-12)6-4-9/h3-6H,7-8H2. The SMILES string of the molecule is BrCC#Cc1ccc(CBr)cc1. The van der Waals surface area contributed by atoms with Crippen molar-refractivity contribution >= 4 is 31.9 Å². The molecule has 12 heavy (non-hydrogen) atoms. The Morgan fingerprint density at radius 1 is 1.08 bits per heavy atom. The first-order valence-electron chi connectivity index (χ1n) is 3.56. The summed E-state index contributed by atoms with van der Waals surface area (Å²) in [7, 11) is 0. The van der Waals surface area contributed by atoms with E-state index in [4.69, 9.17) is 0 Å². The van der Waals surface area contributed by atoms with Crippen molar-refractivity contribution in [3.63, 3.8) is 0 Å². The van der Waals surface area contributed by atoms with Crippen molar-refractivity contribution in [2.24, 2.45) is 0 Å². The van der Waals surface area contributed by atoms with Gasteiger partial charge in [-0.2, -0.15) is 0 Å². The second-order valence-corrected chi connectivity index (χ2v) is 3.39. The third kappa shape index (κ3) is 3.00. The van der Waals surface area contributed by atoms with Gasteiger partial charge in [0.15, 0.2) is 0 Å². The van der Waals surface area contributed by atoms with Gasteiger partial charge in [0.05, 0.1) is 5.33 Å². The van der Waals surface area contributed by atoms with Gasteiger partial charge >= 0.3 is 0 Å². The molecule has 0 saturated carbocycles. The molecule has 1 rings (SSSR count). The summed E-state index contributed by atoms with van der Waals surface area (Å²) in [5, 5.41) is 1.63.